The molecular weight excluding hydrogens is 505 g/mol. The maximum absolute atomic E-state index is 14.9. The lowest BCUT2D eigenvalue weighted by atomic mass is 9.77. The SMILES string of the molecule is CCCCOc1ccc([C@]2(C(F)(F)F)CC(c3ccc(C)cc3)=C(NC(=O)c3ccccc3C)C(=O)N2)cc1. The van der Waals surface area contributed by atoms with E-state index in [0.717, 1.165) is 18.4 Å². The summed E-state index contributed by atoms with van der Waals surface area (Å²) >= 11 is 0. The van der Waals surface area contributed by atoms with Gasteiger partial charge in [-0.05, 0) is 60.7 Å². The van der Waals surface area contributed by atoms with Crippen LogP contribution in [0, 0.1) is 13.8 Å². The number of nitrogens with one attached hydrogen (secondary N) is 2. The van der Waals surface area contributed by atoms with Gasteiger partial charge in [0.25, 0.3) is 11.8 Å². The molecule has 0 aliphatic carbocycles. The van der Waals surface area contributed by atoms with E-state index in [1.165, 1.54) is 24.3 Å². The molecule has 1 aliphatic heterocycles. The Morgan fingerprint density at radius 1 is 1.00 bits per heavy atom. The second kappa shape index (κ2) is 11.4. The first-order valence-corrected chi connectivity index (χ1v) is 12.9. The first kappa shape index (κ1) is 28.0. The van der Waals surface area contributed by atoms with Gasteiger partial charge in [-0.25, -0.2) is 0 Å². The summed E-state index contributed by atoms with van der Waals surface area (Å²) in [6.45, 7) is 6.08. The molecule has 0 unspecified atom stereocenters. The number of rotatable bonds is 8. The molecule has 204 valence electrons. The zero-order valence-electron chi connectivity index (χ0n) is 22.1. The molecule has 2 amide bonds. The average Bonchev–Trinajstić information content (AvgIpc) is 2.90. The third-order valence-electron chi connectivity index (χ3n) is 6.92. The second-order valence-electron chi connectivity index (χ2n) is 9.75. The van der Waals surface area contributed by atoms with Crippen LogP contribution in [-0.2, 0) is 10.3 Å². The van der Waals surface area contributed by atoms with Crippen molar-refractivity contribution in [1.29, 1.82) is 0 Å². The Hall–Kier alpha value is -4.07. The van der Waals surface area contributed by atoms with Crippen molar-refractivity contribution in [2.75, 3.05) is 6.61 Å². The molecule has 2 N–H and O–H groups in total. The number of alkyl halides is 3. The molecule has 0 saturated carbocycles. The van der Waals surface area contributed by atoms with Crippen molar-refractivity contribution in [2.45, 2.75) is 51.7 Å². The van der Waals surface area contributed by atoms with Crippen LogP contribution in [0.25, 0.3) is 5.57 Å². The molecule has 5 nitrogen and oxygen atoms in total. The number of benzene rings is 3. The van der Waals surface area contributed by atoms with Crippen LogP contribution >= 0.6 is 0 Å². The lowest BCUT2D eigenvalue weighted by Crippen LogP contribution is -2.60. The second-order valence-corrected chi connectivity index (χ2v) is 9.75. The van der Waals surface area contributed by atoms with Gasteiger partial charge in [-0.3, -0.25) is 9.59 Å². The topological polar surface area (TPSA) is 67.4 Å². The van der Waals surface area contributed by atoms with Gasteiger partial charge in [0.2, 0.25) is 0 Å². The molecule has 0 radical (unpaired) electrons. The highest BCUT2D eigenvalue weighted by Gasteiger charge is 2.59. The number of hydrogen-bond acceptors (Lipinski definition) is 3. The number of carbonyl (C=O) groups is 2. The van der Waals surface area contributed by atoms with Gasteiger partial charge in [0.05, 0.1) is 6.61 Å². The lowest BCUT2D eigenvalue weighted by Gasteiger charge is -2.41. The molecule has 3 aromatic rings. The van der Waals surface area contributed by atoms with Crippen molar-refractivity contribution in [1.82, 2.24) is 10.6 Å². The summed E-state index contributed by atoms with van der Waals surface area (Å²) in [4.78, 5) is 26.6. The van der Waals surface area contributed by atoms with Crippen LogP contribution in [0.2, 0.25) is 0 Å². The number of amides is 2. The Morgan fingerprint density at radius 2 is 1.67 bits per heavy atom. The molecule has 1 aliphatic rings. The summed E-state index contributed by atoms with van der Waals surface area (Å²) in [5, 5.41) is 4.82. The number of carbonyl (C=O) groups excluding carboxylic acids is 2. The number of hydrogen-bond donors (Lipinski definition) is 2. The van der Waals surface area contributed by atoms with E-state index in [-0.39, 0.29) is 16.8 Å². The molecule has 0 aromatic heterocycles. The van der Waals surface area contributed by atoms with E-state index in [1.54, 1.807) is 55.5 Å². The van der Waals surface area contributed by atoms with Crippen LogP contribution in [0.1, 0.15) is 58.8 Å². The van der Waals surface area contributed by atoms with Crippen LogP contribution in [0.15, 0.2) is 78.5 Å². The molecule has 8 heteroatoms. The highest BCUT2D eigenvalue weighted by molar-refractivity contribution is 6.09. The molecule has 3 aromatic carbocycles. The molecule has 0 saturated heterocycles. The normalized spacial score (nSPS) is 17.5. The van der Waals surface area contributed by atoms with Gasteiger partial charge in [0, 0.05) is 12.0 Å². The Bertz CT molecular complexity index is 1380. The highest BCUT2D eigenvalue weighted by Crippen LogP contribution is 2.48. The van der Waals surface area contributed by atoms with E-state index >= 15 is 0 Å². The van der Waals surface area contributed by atoms with Crippen LogP contribution in [0.5, 0.6) is 5.75 Å². The Morgan fingerprint density at radius 3 is 2.28 bits per heavy atom. The molecule has 39 heavy (non-hydrogen) atoms. The predicted octanol–water partition coefficient (Wildman–Crippen LogP) is 6.60. The van der Waals surface area contributed by atoms with Gasteiger partial charge >= 0.3 is 6.18 Å². The van der Waals surface area contributed by atoms with Crippen molar-refractivity contribution < 1.29 is 27.5 Å². The maximum Gasteiger partial charge on any atom is 0.416 e. The summed E-state index contributed by atoms with van der Waals surface area (Å²) in [6, 6.07) is 19.3. The Labute approximate surface area is 226 Å². The Kier molecular flexibility index (Phi) is 8.14. The van der Waals surface area contributed by atoms with Gasteiger partial charge < -0.3 is 15.4 Å². The monoisotopic (exact) mass is 536 g/mol. The largest absolute Gasteiger partial charge is 0.494 e. The minimum Gasteiger partial charge on any atom is -0.494 e. The molecule has 1 atom stereocenters. The summed E-state index contributed by atoms with van der Waals surface area (Å²) in [5.41, 5.74) is -0.604. The summed E-state index contributed by atoms with van der Waals surface area (Å²) in [7, 11) is 0. The van der Waals surface area contributed by atoms with E-state index in [2.05, 4.69) is 10.6 Å². The number of halogens is 3. The fraction of sp³-hybridized carbons (Fsp3) is 0.290. The van der Waals surface area contributed by atoms with Crippen LogP contribution < -0.4 is 15.4 Å². The van der Waals surface area contributed by atoms with E-state index in [0.29, 0.717) is 29.0 Å². The quantitative estimate of drug-likeness (QED) is 0.319. The first-order valence-electron chi connectivity index (χ1n) is 12.9. The minimum atomic E-state index is -4.84. The van der Waals surface area contributed by atoms with Crippen LogP contribution in [0.4, 0.5) is 13.2 Å². The third kappa shape index (κ3) is 5.85. The van der Waals surface area contributed by atoms with Crippen molar-refractivity contribution in [3.8, 4) is 5.75 Å². The van der Waals surface area contributed by atoms with E-state index in [1.807, 2.05) is 13.8 Å². The molecule has 0 spiro atoms. The highest BCUT2D eigenvalue weighted by atomic mass is 19.4. The maximum atomic E-state index is 14.9. The van der Waals surface area contributed by atoms with Crippen molar-refractivity contribution in [3.63, 3.8) is 0 Å². The summed E-state index contributed by atoms with van der Waals surface area (Å²) < 4.78 is 50.3. The first-order chi connectivity index (χ1) is 18.6. The van der Waals surface area contributed by atoms with Crippen molar-refractivity contribution >= 4 is 17.4 Å². The van der Waals surface area contributed by atoms with Gasteiger partial charge in [-0.2, -0.15) is 13.2 Å². The molecule has 1 heterocycles. The predicted molar refractivity (Wildman–Crippen MR) is 144 cm³/mol. The minimum absolute atomic E-state index is 0.0984. The van der Waals surface area contributed by atoms with Gasteiger partial charge in [-0.1, -0.05) is 73.5 Å². The average molecular weight is 537 g/mol. The fourth-order valence-electron chi connectivity index (χ4n) is 4.61. The fourth-order valence-corrected chi connectivity index (χ4v) is 4.61. The smallest absolute Gasteiger partial charge is 0.416 e. The van der Waals surface area contributed by atoms with Gasteiger partial charge in [0.15, 0.2) is 5.54 Å². The van der Waals surface area contributed by atoms with Crippen molar-refractivity contribution in [2.24, 2.45) is 0 Å². The number of unbranched alkanes of at least 4 members (excludes halogenated alkanes) is 1. The van der Waals surface area contributed by atoms with E-state index in [4.69, 9.17) is 4.74 Å². The zero-order valence-corrected chi connectivity index (χ0v) is 22.1. The Balaban J connectivity index is 1.80. The summed E-state index contributed by atoms with van der Waals surface area (Å²) in [6.07, 6.45) is -3.69. The van der Waals surface area contributed by atoms with E-state index in [9.17, 15) is 22.8 Å². The van der Waals surface area contributed by atoms with Crippen molar-refractivity contribution in [3.05, 3.63) is 106 Å². The molecule has 0 bridgehead atoms. The number of aryl methyl sites for hydroxylation is 2. The standard InChI is InChI=1S/C31H31F3N2O3/c1-4-5-18-39-24-16-14-23(15-17-24)30(31(32,33)34)19-26(22-12-10-20(2)11-13-22)27(29(38)36-30)35-28(37)25-9-7-6-8-21(25)3/h6-17H,4-5,18-19H2,1-3H3,(H,35,37)(H,36,38)/t30-/m0/s1. The zero-order chi connectivity index (χ0) is 28.2. The lowest BCUT2D eigenvalue weighted by molar-refractivity contribution is -0.201. The van der Waals surface area contributed by atoms with Gasteiger partial charge in [0.1, 0.15) is 11.4 Å². The van der Waals surface area contributed by atoms with Crippen LogP contribution in [-0.4, -0.2) is 24.6 Å². The van der Waals surface area contributed by atoms with Gasteiger partial charge in [-0.15, -0.1) is 0 Å². The molecule has 0 fully saturated rings. The third-order valence-corrected chi connectivity index (χ3v) is 6.92. The van der Waals surface area contributed by atoms with Crippen LogP contribution in [0.3, 0.4) is 0 Å². The molecule has 4 rings (SSSR count). The number of ether oxygens (including phenoxy) is 1. The summed E-state index contributed by atoms with van der Waals surface area (Å²) in [5.74, 6) is -1.14. The van der Waals surface area contributed by atoms with E-state index < -0.39 is 30.0 Å². The molecular formula is C31H31F3N2O3.